The molecule has 1 unspecified atom stereocenters. The van der Waals surface area contributed by atoms with Crippen LogP contribution >= 0.6 is 0 Å². The van der Waals surface area contributed by atoms with Gasteiger partial charge < -0.3 is 15.0 Å². The SMILES string of the molecule is Cc1cccc(OCCC(=O)N(Cc2ccccn2)C2CCCNCC2)c1. The van der Waals surface area contributed by atoms with E-state index in [1.54, 1.807) is 6.20 Å². The van der Waals surface area contributed by atoms with Gasteiger partial charge in [-0.05, 0) is 69.1 Å². The van der Waals surface area contributed by atoms with E-state index >= 15 is 0 Å². The molecule has 0 bridgehead atoms. The van der Waals surface area contributed by atoms with Gasteiger partial charge in [-0.2, -0.15) is 0 Å². The van der Waals surface area contributed by atoms with Crippen LogP contribution in [0.4, 0.5) is 0 Å². The average molecular weight is 367 g/mol. The van der Waals surface area contributed by atoms with Gasteiger partial charge in [-0.15, -0.1) is 0 Å². The Labute approximate surface area is 161 Å². The van der Waals surface area contributed by atoms with E-state index in [0.29, 0.717) is 19.6 Å². The number of benzene rings is 1. The number of aryl methyl sites for hydroxylation is 1. The number of ether oxygens (including phenoxy) is 1. The van der Waals surface area contributed by atoms with Crippen LogP contribution in [0, 0.1) is 6.92 Å². The van der Waals surface area contributed by atoms with E-state index in [1.165, 1.54) is 0 Å². The Balaban J connectivity index is 1.62. The number of carbonyl (C=O) groups is 1. The van der Waals surface area contributed by atoms with Gasteiger partial charge in [0.05, 0.1) is 25.3 Å². The van der Waals surface area contributed by atoms with Gasteiger partial charge in [0, 0.05) is 12.2 Å². The fraction of sp³-hybridized carbons (Fsp3) is 0.455. The van der Waals surface area contributed by atoms with Crippen molar-refractivity contribution in [1.82, 2.24) is 15.2 Å². The Morgan fingerprint density at radius 2 is 2.15 bits per heavy atom. The van der Waals surface area contributed by atoms with Gasteiger partial charge in [0.15, 0.2) is 0 Å². The van der Waals surface area contributed by atoms with E-state index in [-0.39, 0.29) is 11.9 Å². The Morgan fingerprint density at radius 1 is 1.22 bits per heavy atom. The summed E-state index contributed by atoms with van der Waals surface area (Å²) in [6.45, 7) is 4.97. The molecule has 0 aliphatic carbocycles. The van der Waals surface area contributed by atoms with Crippen LogP contribution in [0.2, 0.25) is 0 Å². The molecule has 2 heterocycles. The zero-order valence-corrected chi connectivity index (χ0v) is 16.1. The highest BCUT2D eigenvalue weighted by atomic mass is 16.5. The number of carbonyl (C=O) groups excluding carboxylic acids is 1. The molecule has 0 radical (unpaired) electrons. The van der Waals surface area contributed by atoms with Crippen molar-refractivity contribution in [2.45, 2.75) is 45.2 Å². The molecular weight excluding hydrogens is 338 g/mol. The second-order valence-electron chi connectivity index (χ2n) is 7.09. The topological polar surface area (TPSA) is 54.5 Å². The second kappa shape index (κ2) is 10.1. The van der Waals surface area contributed by atoms with Crippen LogP contribution in [-0.4, -0.2) is 41.5 Å². The first-order valence-corrected chi connectivity index (χ1v) is 9.82. The van der Waals surface area contributed by atoms with Crippen LogP contribution in [0.1, 0.15) is 36.9 Å². The molecule has 5 nitrogen and oxygen atoms in total. The minimum atomic E-state index is 0.139. The summed E-state index contributed by atoms with van der Waals surface area (Å²) in [7, 11) is 0. The maximum Gasteiger partial charge on any atom is 0.226 e. The number of pyridine rings is 1. The predicted molar refractivity (Wildman–Crippen MR) is 107 cm³/mol. The summed E-state index contributed by atoms with van der Waals surface area (Å²) >= 11 is 0. The zero-order valence-electron chi connectivity index (χ0n) is 16.1. The maximum atomic E-state index is 13.0. The molecule has 5 heteroatoms. The van der Waals surface area contributed by atoms with Gasteiger partial charge in [-0.25, -0.2) is 0 Å². The van der Waals surface area contributed by atoms with Gasteiger partial charge >= 0.3 is 0 Å². The second-order valence-corrected chi connectivity index (χ2v) is 7.09. The van der Waals surface area contributed by atoms with Crippen molar-refractivity contribution >= 4 is 5.91 Å². The van der Waals surface area contributed by atoms with Crippen molar-refractivity contribution in [2.75, 3.05) is 19.7 Å². The first-order chi connectivity index (χ1) is 13.2. The summed E-state index contributed by atoms with van der Waals surface area (Å²) in [5.41, 5.74) is 2.09. The lowest BCUT2D eigenvalue weighted by molar-refractivity contribution is -0.135. The normalized spacial score (nSPS) is 17.1. The average Bonchev–Trinajstić information content (AvgIpc) is 2.96. The van der Waals surface area contributed by atoms with E-state index in [0.717, 1.165) is 49.4 Å². The molecule has 3 rings (SSSR count). The molecule has 1 aliphatic rings. The first-order valence-electron chi connectivity index (χ1n) is 9.82. The van der Waals surface area contributed by atoms with Crippen molar-refractivity contribution < 1.29 is 9.53 Å². The first kappa shape index (κ1) is 19.4. The van der Waals surface area contributed by atoms with E-state index < -0.39 is 0 Å². The monoisotopic (exact) mass is 367 g/mol. The molecule has 27 heavy (non-hydrogen) atoms. The molecule has 1 aromatic heterocycles. The van der Waals surface area contributed by atoms with Crippen LogP contribution in [0.3, 0.4) is 0 Å². The molecule has 1 atom stereocenters. The fourth-order valence-electron chi connectivity index (χ4n) is 3.50. The summed E-state index contributed by atoms with van der Waals surface area (Å²) in [6.07, 6.45) is 5.27. The fourth-order valence-corrected chi connectivity index (χ4v) is 3.50. The lowest BCUT2D eigenvalue weighted by Crippen LogP contribution is -2.41. The van der Waals surface area contributed by atoms with E-state index in [4.69, 9.17) is 4.74 Å². The van der Waals surface area contributed by atoms with Crippen LogP contribution in [0.25, 0.3) is 0 Å². The van der Waals surface area contributed by atoms with Gasteiger partial charge in [-0.3, -0.25) is 9.78 Å². The van der Waals surface area contributed by atoms with Gasteiger partial charge in [0.1, 0.15) is 5.75 Å². The number of rotatable bonds is 7. The Morgan fingerprint density at radius 3 is 2.96 bits per heavy atom. The molecule has 1 N–H and O–H groups in total. The molecule has 1 saturated heterocycles. The predicted octanol–water partition coefficient (Wildman–Crippen LogP) is 3.33. The number of hydrogen-bond donors (Lipinski definition) is 1. The van der Waals surface area contributed by atoms with Crippen LogP contribution < -0.4 is 10.1 Å². The minimum Gasteiger partial charge on any atom is -0.493 e. The lowest BCUT2D eigenvalue weighted by Gasteiger charge is -2.31. The minimum absolute atomic E-state index is 0.139. The van der Waals surface area contributed by atoms with Crippen LogP contribution in [0.15, 0.2) is 48.7 Å². The summed E-state index contributed by atoms with van der Waals surface area (Å²) < 4.78 is 5.79. The molecule has 144 valence electrons. The number of aromatic nitrogens is 1. The molecule has 1 aromatic carbocycles. The third-order valence-electron chi connectivity index (χ3n) is 4.94. The van der Waals surface area contributed by atoms with Crippen molar-refractivity contribution in [3.63, 3.8) is 0 Å². The molecule has 0 spiro atoms. The highest BCUT2D eigenvalue weighted by Crippen LogP contribution is 2.18. The largest absolute Gasteiger partial charge is 0.493 e. The molecule has 0 saturated carbocycles. The highest BCUT2D eigenvalue weighted by molar-refractivity contribution is 5.76. The quantitative estimate of drug-likeness (QED) is 0.816. The molecule has 1 aliphatic heterocycles. The summed E-state index contributed by atoms with van der Waals surface area (Å²) in [6, 6.07) is 14.0. The van der Waals surface area contributed by atoms with Gasteiger partial charge in [0.2, 0.25) is 5.91 Å². The van der Waals surface area contributed by atoms with Crippen molar-refractivity contribution in [3.05, 3.63) is 59.9 Å². The lowest BCUT2D eigenvalue weighted by atomic mass is 10.1. The van der Waals surface area contributed by atoms with E-state index in [9.17, 15) is 4.79 Å². The van der Waals surface area contributed by atoms with Crippen molar-refractivity contribution in [2.24, 2.45) is 0 Å². The number of nitrogens with zero attached hydrogens (tertiary/aromatic N) is 2. The summed E-state index contributed by atoms with van der Waals surface area (Å²) in [4.78, 5) is 19.4. The standard InChI is InChI=1S/C22H29N3O2/c1-18-6-4-9-21(16-18)27-15-11-22(26)25(17-19-7-2-3-13-24-19)20-8-5-12-23-14-10-20/h2-4,6-7,9,13,16,20,23H,5,8,10-12,14-15,17H2,1H3. The molecular formula is C22H29N3O2. The summed E-state index contributed by atoms with van der Waals surface area (Å²) in [5, 5.41) is 3.43. The van der Waals surface area contributed by atoms with Gasteiger partial charge in [0.25, 0.3) is 0 Å². The van der Waals surface area contributed by atoms with Crippen molar-refractivity contribution in [3.8, 4) is 5.75 Å². The Bertz CT molecular complexity index is 713. The Hall–Kier alpha value is -2.40. The number of amides is 1. The van der Waals surface area contributed by atoms with Crippen LogP contribution in [-0.2, 0) is 11.3 Å². The number of nitrogens with one attached hydrogen (secondary N) is 1. The smallest absolute Gasteiger partial charge is 0.226 e. The third-order valence-corrected chi connectivity index (χ3v) is 4.94. The third kappa shape index (κ3) is 6.07. The molecule has 1 fully saturated rings. The highest BCUT2D eigenvalue weighted by Gasteiger charge is 2.25. The number of hydrogen-bond acceptors (Lipinski definition) is 4. The van der Waals surface area contributed by atoms with Crippen molar-refractivity contribution in [1.29, 1.82) is 0 Å². The van der Waals surface area contributed by atoms with Gasteiger partial charge in [-0.1, -0.05) is 18.2 Å². The summed E-state index contributed by atoms with van der Waals surface area (Å²) in [5.74, 6) is 0.956. The maximum absolute atomic E-state index is 13.0. The van der Waals surface area contributed by atoms with E-state index in [2.05, 4.69) is 10.3 Å². The van der Waals surface area contributed by atoms with E-state index in [1.807, 2.05) is 54.3 Å². The molecule has 1 amide bonds. The zero-order chi connectivity index (χ0) is 18.9. The molecule has 2 aromatic rings. The van der Waals surface area contributed by atoms with Crippen LogP contribution in [0.5, 0.6) is 5.75 Å². The Kier molecular flexibility index (Phi) is 7.22.